The van der Waals surface area contributed by atoms with Gasteiger partial charge in [0, 0.05) is 14.9 Å². The largest absolute Gasteiger partial charge is 0.149 e. The Morgan fingerprint density at radius 2 is 2.14 bits per heavy atom. The molecule has 0 saturated carbocycles. The van der Waals surface area contributed by atoms with Crippen molar-refractivity contribution in [3.8, 4) is 0 Å². The summed E-state index contributed by atoms with van der Waals surface area (Å²) in [6.07, 6.45) is 1.07. The first-order valence-corrected chi connectivity index (χ1v) is 6.49. The number of benzene rings is 1. The Morgan fingerprint density at radius 1 is 1.29 bits per heavy atom. The molecular weight excluding hydrogens is 303 g/mol. The first-order valence-electron chi connectivity index (χ1n) is 4.53. The second-order valence-electron chi connectivity index (χ2n) is 3.33. The summed E-state index contributed by atoms with van der Waals surface area (Å²) < 4.78 is 1.32. The summed E-state index contributed by atoms with van der Waals surface area (Å²) >= 11 is 4.20. The van der Waals surface area contributed by atoms with Crippen molar-refractivity contribution in [1.29, 1.82) is 0 Å². The number of thiophene rings is 1. The van der Waals surface area contributed by atoms with E-state index in [-0.39, 0.29) is 0 Å². The zero-order chi connectivity index (χ0) is 9.97. The van der Waals surface area contributed by atoms with Crippen molar-refractivity contribution in [2.75, 3.05) is 0 Å². The van der Waals surface area contributed by atoms with Gasteiger partial charge in [-0.2, -0.15) is 0 Å². The van der Waals surface area contributed by atoms with Gasteiger partial charge in [-0.3, -0.25) is 0 Å². The molecule has 2 heteroatoms. The maximum absolute atomic E-state index is 2.37. The minimum Gasteiger partial charge on any atom is -0.149 e. The van der Waals surface area contributed by atoms with Gasteiger partial charge in [-0.05, 0) is 64.2 Å². The van der Waals surface area contributed by atoms with Gasteiger partial charge in [0.1, 0.15) is 0 Å². The highest BCUT2D eigenvalue weighted by Crippen LogP contribution is 2.19. The Bertz CT molecular complexity index is 418. The van der Waals surface area contributed by atoms with Crippen LogP contribution in [0.25, 0.3) is 0 Å². The Morgan fingerprint density at radius 3 is 2.86 bits per heavy atom. The van der Waals surface area contributed by atoms with Crippen molar-refractivity contribution in [1.82, 2.24) is 0 Å². The lowest BCUT2D eigenvalue weighted by Crippen LogP contribution is -1.90. The molecule has 0 spiro atoms. The monoisotopic (exact) mass is 314 g/mol. The quantitative estimate of drug-likeness (QED) is 0.727. The molecule has 2 aromatic rings. The fourth-order valence-electron chi connectivity index (χ4n) is 1.43. The predicted molar refractivity (Wildman–Crippen MR) is 71.0 cm³/mol. The van der Waals surface area contributed by atoms with Gasteiger partial charge in [0.15, 0.2) is 0 Å². The van der Waals surface area contributed by atoms with Crippen LogP contribution in [0.1, 0.15) is 16.0 Å². The van der Waals surface area contributed by atoms with Crippen LogP contribution in [-0.4, -0.2) is 0 Å². The van der Waals surface area contributed by atoms with Crippen molar-refractivity contribution in [2.45, 2.75) is 13.3 Å². The molecule has 0 atom stereocenters. The maximum atomic E-state index is 2.37. The molecule has 0 unspecified atom stereocenters. The van der Waals surface area contributed by atoms with Crippen LogP contribution in [0, 0.1) is 10.5 Å². The van der Waals surface area contributed by atoms with Gasteiger partial charge in [-0.15, -0.1) is 11.3 Å². The second kappa shape index (κ2) is 4.45. The molecule has 0 aliphatic rings. The Kier molecular flexibility index (Phi) is 3.23. The van der Waals surface area contributed by atoms with Gasteiger partial charge in [0.05, 0.1) is 0 Å². The zero-order valence-corrected chi connectivity index (χ0v) is 10.9. The standard InChI is InChI=1S/C12H11IS/c1-9-4-5-11(13)7-10(9)8-12-3-2-6-14-12/h2-7H,8H2,1H3. The fraction of sp³-hybridized carbons (Fsp3) is 0.167. The molecule has 2 rings (SSSR count). The molecule has 0 aliphatic carbocycles. The number of hydrogen-bond acceptors (Lipinski definition) is 1. The molecule has 14 heavy (non-hydrogen) atoms. The average Bonchev–Trinajstić information content (AvgIpc) is 2.64. The van der Waals surface area contributed by atoms with Crippen LogP contribution >= 0.6 is 33.9 Å². The van der Waals surface area contributed by atoms with Crippen LogP contribution in [-0.2, 0) is 6.42 Å². The van der Waals surface area contributed by atoms with E-state index in [1.54, 1.807) is 0 Å². The SMILES string of the molecule is Cc1ccc(I)cc1Cc1cccs1. The topological polar surface area (TPSA) is 0 Å². The van der Waals surface area contributed by atoms with Crippen molar-refractivity contribution < 1.29 is 0 Å². The minimum absolute atomic E-state index is 1.07. The Balaban J connectivity index is 2.28. The smallest absolute Gasteiger partial charge is 0.0133 e. The molecule has 0 amide bonds. The zero-order valence-electron chi connectivity index (χ0n) is 7.96. The lowest BCUT2D eigenvalue weighted by atomic mass is 10.1. The van der Waals surface area contributed by atoms with Crippen LogP contribution in [0.15, 0.2) is 35.7 Å². The molecule has 0 aliphatic heterocycles. The lowest BCUT2D eigenvalue weighted by molar-refractivity contribution is 1.19. The number of halogens is 1. The molecular formula is C12H11IS. The Hall–Kier alpha value is -0.350. The Labute approximate surface area is 102 Å². The first kappa shape index (κ1) is 10.2. The van der Waals surface area contributed by atoms with Crippen molar-refractivity contribution in [2.24, 2.45) is 0 Å². The molecule has 72 valence electrons. The maximum Gasteiger partial charge on any atom is 0.0133 e. The summed E-state index contributed by atoms with van der Waals surface area (Å²) in [5.41, 5.74) is 2.83. The van der Waals surface area contributed by atoms with Crippen LogP contribution in [0.2, 0.25) is 0 Å². The molecule has 0 N–H and O–H groups in total. The van der Waals surface area contributed by atoms with Crippen LogP contribution in [0.5, 0.6) is 0 Å². The molecule has 0 fully saturated rings. The third-order valence-electron chi connectivity index (χ3n) is 2.26. The predicted octanol–water partition coefficient (Wildman–Crippen LogP) is 4.25. The van der Waals surface area contributed by atoms with E-state index in [1.165, 1.54) is 19.6 Å². The molecule has 0 radical (unpaired) electrons. The third-order valence-corrected chi connectivity index (χ3v) is 3.80. The molecule has 0 nitrogen and oxygen atoms in total. The van der Waals surface area contributed by atoms with Crippen molar-refractivity contribution >= 4 is 33.9 Å². The van der Waals surface area contributed by atoms with Crippen molar-refractivity contribution in [3.05, 3.63) is 55.3 Å². The average molecular weight is 314 g/mol. The van der Waals surface area contributed by atoms with Gasteiger partial charge in [0.25, 0.3) is 0 Å². The number of rotatable bonds is 2. The number of aryl methyl sites for hydroxylation is 1. The van der Waals surface area contributed by atoms with Gasteiger partial charge >= 0.3 is 0 Å². The highest BCUT2D eigenvalue weighted by Gasteiger charge is 2.01. The second-order valence-corrected chi connectivity index (χ2v) is 5.60. The fourth-order valence-corrected chi connectivity index (χ4v) is 2.71. The third kappa shape index (κ3) is 2.36. The van der Waals surface area contributed by atoms with Crippen LogP contribution in [0.4, 0.5) is 0 Å². The molecule has 1 aromatic carbocycles. The highest BCUT2D eigenvalue weighted by atomic mass is 127. The van der Waals surface area contributed by atoms with Gasteiger partial charge < -0.3 is 0 Å². The van der Waals surface area contributed by atoms with Crippen molar-refractivity contribution in [3.63, 3.8) is 0 Å². The summed E-state index contributed by atoms with van der Waals surface area (Å²) in [5.74, 6) is 0. The van der Waals surface area contributed by atoms with Gasteiger partial charge in [-0.25, -0.2) is 0 Å². The summed E-state index contributed by atoms with van der Waals surface area (Å²) in [6.45, 7) is 2.18. The van der Waals surface area contributed by atoms with E-state index in [4.69, 9.17) is 0 Å². The summed E-state index contributed by atoms with van der Waals surface area (Å²) in [5, 5.41) is 2.14. The van der Waals surface area contributed by atoms with Crippen LogP contribution in [0.3, 0.4) is 0 Å². The highest BCUT2D eigenvalue weighted by molar-refractivity contribution is 14.1. The summed E-state index contributed by atoms with van der Waals surface area (Å²) in [7, 11) is 0. The first-order chi connectivity index (χ1) is 6.75. The number of hydrogen-bond donors (Lipinski definition) is 0. The van der Waals surface area contributed by atoms with E-state index in [0.717, 1.165) is 6.42 Å². The van der Waals surface area contributed by atoms with E-state index in [1.807, 2.05) is 11.3 Å². The van der Waals surface area contributed by atoms with Gasteiger partial charge in [-0.1, -0.05) is 12.1 Å². The summed E-state index contributed by atoms with van der Waals surface area (Å²) in [4.78, 5) is 1.44. The van der Waals surface area contributed by atoms with Gasteiger partial charge in [0.2, 0.25) is 0 Å². The van der Waals surface area contributed by atoms with E-state index in [9.17, 15) is 0 Å². The van der Waals surface area contributed by atoms with E-state index in [0.29, 0.717) is 0 Å². The lowest BCUT2D eigenvalue weighted by Gasteiger charge is -2.04. The van der Waals surface area contributed by atoms with E-state index >= 15 is 0 Å². The minimum atomic E-state index is 1.07. The molecule has 1 aromatic heterocycles. The normalized spacial score (nSPS) is 10.4. The van der Waals surface area contributed by atoms with Crippen LogP contribution < -0.4 is 0 Å². The van der Waals surface area contributed by atoms with E-state index in [2.05, 4.69) is 65.2 Å². The van der Waals surface area contributed by atoms with E-state index < -0.39 is 0 Å². The summed E-state index contributed by atoms with van der Waals surface area (Å²) in [6, 6.07) is 10.9. The molecule has 1 heterocycles. The molecule has 0 bridgehead atoms. The molecule has 0 saturated heterocycles.